The van der Waals surface area contributed by atoms with Crippen LogP contribution in [0.3, 0.4) is 0 Å². The summed E-state index contributed by atoms with van der Waals surface area (Å²) in [6.45, 7) is 9.45. The molecule has 0 bridgehead atoms. The van der Waals surface area contributed by atoms with Gasteiger partial charge in [-0.05, 0) is 53.1 Å². The second-order valence-electron chi connectivity index (χ2n) is 6.26. The summed E-state index contributed by atoms with van der Waals surface area (Å²) in [6.07, 6.45) is 6.80. The third kappa shape index (κ3) is 3.23. The molecule has 0 aromatic carbocycles. The van der Waals surface area contributed by atoms with E-state index in [4.69, 9.17) is 0 Å². The van der Waals surface area contributed by atoms with Gasteiger partial charge in [0.15, 0.2) is 0 Å². The lowest BCUT2D eigenvalue weighted by Gasteiger charge is -2.48. The number of likely N-dealkylation sites (N-methyl/N-ethyl adjacent to an activating group) is 2. The average Bonchev–Trinajstić information content (AvgIpc) is 2.35. The van der Waals surface area contributed by atoms with Crippen LogP contribution in [0.2, 0.25) is 0 Å². The van der Waals surface area contributed by atoms with Gasteiger partial charge in [-0.25, -0.2) is 0 Å². The lowest BCUT2D eigenvalue weighted by atomic mass is 9.81. The fourth-order valence-electron chi connectivity index (χ4n) is 3.34. The molecular formula is C15H32N2. The van der Waals surface area contributed by atoms with E-state index in [2.05, 4.69) is 52.0 Å². The number of nitrogens with zero attached hydrogens (tertiary/aromatic N) is 1. The average molecular weight is 240 g/mol. The molecule has 0 aliphatic heterocycles. The summed E-state index contributed by atoms with van der Waals surface area (Å²) in [5.41, 5.74) is 0.274. The van der Waals surface area contributed by atoms with Crippen molar-refractivity contribution in [2.75, 3.05) is 14.1 Å². The third-order valence-corrected chi connectivity index (χ3v) is 5.34. The molecule has 102 valence electrons. The second kappa shape index (κ2) is 6.19. The van der Waals surface area contributed by atoms with E-state index in [9.17, 15) is 0 Å². The Morgan fingerprint density at radius 1 is 1.41 bits per heavy atom. The van der Waals surface area contributed by atoms with Crippen molar-refractivity contribution in [1.82, 2.24) is 10.2 Å². The first-order valence-corrected chi connectivity index (χ1v) is 7.35. The largest absolute Gasteiger partial charge is 0.315 e. The normalized spacial score (nSPS) is 31.2. The lowest BCUT2D eigenvalue weighted by Crippen LogP contribution is -2.59. The monoisotopic (exact) mass is 240 g/mol. The fourth-order valence-corrected chi connectivity index (χ4v) is 3.34. The molecule has 0 radical (unpaired) electrons. The third-order valence-electron chi connectivity index (χ3n) is 5.34. The van der Waals surface area contributed by atoms with Gasteiger partial charge in [0.05, 0.1) is 0 Å². The van der Waals surface area contributed by atoms with Crippen molar-refractivity contribution in [2.24, 2.45) is 5.92 Å². The van der Waals surface area contributed by atoms with E-state index >= 15 is 0 Å². The minimum absolute atomic E-state index is 0.274. The Kier molecular flexibility index (Phi) is 5.46. The second-order valence-corrected chi connectivity index (χ2v) is 6.26. The zero-order valence-corrected chi connectivity index (χ0v) is 12.7. The first kappa shape index (κ1) is 15.0. The molecule has 4 unspecified atom stereocenters. The van der Waals surface area contributed by atoms with Gasteiger partial charge in [0.25, 0.3) is 0 Å². The first-order chi connectivity index (χ1) is 7.95. The van der Waals surface area contributed by atoms with Gasteiger partial charge in [0, 0.05) is 17.6 Å². The number of nitrogens with one attached hydrogen (secondary N) is 1. The Balaban J connectivity index is 2.74. The van der Waals surface area contributed by atoms with Crippen molar-refractivity contribution >= 4 is 0 Å². The molecule has 4 atom stereocenters. The molecule has 2 heteroatoms. The molecule has 0 heterocycles. The van der Waals surface area contributed by atoms with Crippen molar-refractivity contribution in [3.05, 3.63) is 0 Å². The van der Waals surface area contributed by atoms with Crippen molar-refractivity contribution in [1.29, 1.82) is 0 Å². The first-order valence-electron chi connectivity index (χ1n) is 7.35. The van der Waals surface area contributed by atoms with Crippen LogP contribution < -0.4 is 5.32 Å². The molecule has 1 aliphatic rings. The Bertz CT molecular complexity index is 229. The molecule has 0 amide bonds. The van der Waals surface area contributed by atoms with E-state index < -0.39 is 0 Å². The number of hydrogen-bond acceptors (Lipinski definition) is 2. The van der Waals surface area contributed by atoms with Crippen LogP contribution in [0, 0.1) is 5.92 Å². The van der Waals surface area contributed by atoms with Gasteiger partial charge in [0.2, 0.25) is 0 Å². The minimum Gasteiger partial charge on any atom is -0.315 e. The summed E-state index contributed by atoms with van der Waals surface area (Å²) in [4.78, 5) is 2.66. The number of rotatable bonds is 5. The molecule has 2 nitrogen and oxygen atoms in total. The van der Waals surface area contributed by atoms with E-state index in [1.54, 1.807) is 0 Å². The molecule has 0 saturated heterocycles. The number of hydrogen-bond donors (Lipinski definition) is 1. The van der Waals surface area contributed by atoms with Crippen molar-refractivity contribution in [2.45, 2.75) is 77.4 Å². The SMILES string of the molecule is CCC(C)(C(C)NC)N(C)C1CCCC(C)C1. The van der Waals surface area contributed by atoms with Crippen LogP contribution in [-0.4, -0.2) is 36.6 Å². The van der Waals surface area contributed by atoms with E-state index in [1.807, 2.05) is 0 Å². The molecule has 0 aromatic rings. The smallest absolute Gasteiger partial charge is 0.0328 e. The maximum Gasteiger partial charge on any atom is 0.0328 e. The van der Waals surface area contributed by atoms with Crippen LogP contribution in [-0.2, 0) is 0 Å². The van der Waals surface area contributed by atoms with Crippen LogP contribution in [0.1, 0.15) is 59.8 Å². The molecule has 1 rings (SSSR count). The molecule has 1 aliphatic carbocycles. The van der Waals surface area contributed by atoms with Gasteiger partial charge >= 0.3 is 0 Å². The van der Waals surface area contributed by atoms with Crippen LogP contribution >= 0.6 is 0 Å². The van der Waals surface area contributed by atoms with Crippen LogP contribution in [0.5, 0.6) is 0 Å². The van der Waals surface area contributed by atoms with Crippen LogP contribution in [0.15, 0.2) is 0 Å². The highest BCUT2D eigenvalue weighted by Gasteiger charge is 2.37. The van der Waals surface area contributed by atoms with Gasteiger partial charge in [-0.2, -0.15) is 0 Å². The van der Waals surface area contributed by atoms with Gasteiger partial charge in [0.1, 0.15) is 0 Å². The zero-order chi connectivity index (χ0) is 13.1. The fraction of sp³-hybridized carbons (Fsp3) is 1.00. The Morgan fingerprint density at radius 2 is 2.06 bits per heavy atom. The minimum atomic E-state index is 0.274. The highest BCUT2D eigenvalue weighted by molar-refractivity contribution is 4.95. The molecule has 1 fully saturated rings. The standard InChI is InChI=1S/C15H32N2/c1-7-15(4,13(3)16-5)17(6)14-10-8-9-12(2)11-14/h12-14,16H,7-11H2,1-6H3. The van der Waals surface area contributed by atoms with Crippen molar-refractivity contribution in [3.63, 3.8) is 0 Å². The topological polar surface area (TPSA) is 15.3 Å². The quantitative estimate of drug-likeness (QED) is 0.793. The Morgan fingerprint density at radius 3 is 2.53 bits per heavy atom. The van der Waals surface area contributed by atoms with Crippen molar-refractivity contribution < 1.29 is 0 Å². The van der Waals surface area contributed by atoms with E-state index in [0.717, 1.165) is 12.0 Å². The highest BCUT2D eigenvalue weighted by Crippen LogP contribution is 2.33. The van der Waals surface area contributed by atoms with Crippen LogP contribution in [0.25, 0.3) is 0 Å². The molecule has 0 spiro atoms. The summed E-state index contributed by atoms with van der Waals surface area (Å²) < 4.78 is 0. The summed E-state index contributed by atoms with van der Waals surface area (Å²) in [7, 11) is 4.41. The molecule has 1 saturated carbocycles. The molecule has 1 N–H and O–H groups in total. The Labute approximate surface area is 108 Å². The van der Waals surface area contributed by atoms with Crippen molar-refractivity contribution in [3.8, 4) is 0 Å². The van der Waals surface area contributed by atoms with Gasteiger partial charge < -0.3 is 5.32 Å². The Hall–Kier alpha value is -0.0800. The lowest BCUT2D eigenvalue weighted by molar-refractivity contribution is 0.0293. The predicted molar refractivity (Wildman–Crippen MR) is 76.4 cm³/mol. The van der Waals surface area contributed by atoms with Gasteiger partial charge in [-0.15, -0.1) is 0 Å². The summed E-state index contributed by atoms with van der Waals surface area (Å²) in [5.74, 6) is 0.905. The van der Waals surface area contributed by atoms with E-state index in [0.29, 0.717) is 6.04 Å². The summed E-state index contributed by atoms with van der Waals surface area (Å²) in [6, 6.07) is 1.31. The summed E-state index contributed by atoms with van der Waals surface area (Å²) >= 11 is 0. The maximum absolute atomic E-state index is 3.45. The maximum atomic E-state index is 3.45. The summed E-state index contributed by atoms with van der Waals surface area (Å²) in [5, 5.41) is 3.45. The van der Waals surface area contributed by atoms with E-state index in [-0.39, 0.29) is 5.54 Å². The van der Waals surface area contributed by atoms with Gasteiger partial charge in [-0.1, -0.05) is 26.7 Å². The van der Waals surface area contributed by atoms with Gasteiger partial charge in [-0.3, -0.25) is 4.90 Å². The molecular weight excluding hydrogens is 208 g/mol. The molecule has 0 aromatic heterocycles. The highest BCUT2D eigenvalue weighted by atomic mass is 15.2. The zero-order valence-electron chi connectivity index (χ0n) is 12.7. The van der Waals surface area contributed by atoms with E-state index in [1.165, 1.54) is 32.1 Å². The predicted octanol–water partition coefficient (Wildman–Crippen LogP) is 3.27. The van der Waals surface area contributed by atoms with Crippen LogP contribution in [0.4, 0.5) is 0 Å². The molecule has 17 heavy (non-hydrogen) atoms.